The highest BCUT2D eigenvalue weighted by Crippen LogP contribution is 2.26. The van der Waals surface area contributed by atoms with Gasteiger partial charge in [0, 0.05) is 6.42 Å². The van der Waals surface area contributed by atoms with Crippen molar-refractivity contribution < 1.29 is 23.4 Å². The first-order valence-corrected chi connectivity index (χ1v) is 4.88. The zero-order valence-electron chi connectivity index (χ0n) is 8.48. The van der Waals surface area contributed by atoms with E-state index < -0.39 is 31.2 Å². The lowest BCUT2D eigenvalue weighted by Gasteiger charge is -2.18. The molecule has 0 fully saturated rings. The summed E-state index contributed by atoms with van der Waals surface area (Å²) in [6, 6.07) is 8.13. The van der Waals surface area contributed by atoms with Gasteiger partial charge >= 0.3 is 6.18 Å². The molecule has 1 rings (SSSR count). The molecule has 0 aliphatic rings. The van der Waals surface area contributed by atoms with Crippen molar-refractivity contribution >= 4 is 0 Å². The van der Waals surface area contributed by atoms with Crippen molar-refractivity contribution in [2.75, 3.05) is 0 Å². The van der Waals surface area contributed by atoms with Gasteiger partial charge in [0.2, 0.25) is 0 Å². The second kappa shape index (κ2) is 5.32. The van der Waals surface area contributed by atoms with E-state index >= 15 is 0 Å². The smallest absolute Gasteiger partial charge is 0.389 e. The fraction of sp³-hybridized carbons (Fsp3) is 0.455. The van der Waals surface area contributed by atoms with Gasteiger partial charge in [0.15, 0.2) is 0 Å². The van der Waals surface area contributed by atoms with Crippen LogP contribution in [0.1, 0.15) is 24.5 Å². The minimum absolute atomic E-state index is 0.414. The van der Waals surface area contributed by atoms with Crippen LogP contribution in [0.25, 0.3) is 0 Å². The third-order valence-electron chi connectivity index (χ3n) is 2.23. The molecule has 2 unspecified atom stereocenters. The normalized spacial score (nSPS) is 15.8. The summed E-state index contributed by atoms with van der Waals surface area (Å²) in [4.78, 5) is 0. The largest absolute Gasteiger partial charge is 0.390 e. The quantitative estimate of drug-likeness (QED) is 0.839. The van der Waals surface area contributed by atoms with Gasteiger partial charge in [-0.05, 0) is 12.0 Å². The molecule has 0 aliphatic heterocycles. The maximum absolute atomic E-state index is 11.9. The van der Waals surface area contributed by atoms with Crippen molar-refractivity contribution in [3.05, 3.63) is 35.9 Å². The van der Waals surface area contributed by atoms with Crippen LogP contribution in [0.3, 0.4) is 0 Å². The monoisotopic (exact) mass is 234 g/mol. The van der Waals surface area contributed by atoms with E-state index in [1.54, 1.807) is 30.3 Å². The van der Waals surface area contributed by atoms with Crippen LogP contribution in [0.15, 0.2) is 30.3 Å². The summed E-state index contributed by atoms with van der Waals surface area (Å²) in [6.45, 7) is 0. The van der Waals surface area contributed by atoms with Gasteiger partial charge in [-0.1, -0.05) is 30.3 Å². The van der Waals surface area contributed by atoms with Crippen molar-refractivity contribution in [1.82, 2.24) is 0 Å². The Morgan fingerprint density at radius 1 is 1.06 bits per heavy atom. The number of aliphatic hydroxyl groups is 2. The molecule has 16 heavy (non-hydrogen) atoms. The van der Waals surface area contributed by atoms with Gasteiger partial charge in [-0.3, -0.25) is 0 Å². The fourth-order valence-corrected chi connectivity index (χ4v) is 1.34. The van der Waals surface area contributed by atoms with E-state index in [2.05, 4.69) is 0 Å². The number of benzene rings is 1. The highest BCUT2D eigenvalue weighted by molar-refractivity contribution is 5.18. The van der Waals surface area contributed by atoms with Gasteiger partial charge in [-0.15, -0.1) is 0 Å². The highest BCUT2D eigenvalue weighted by Gasteiger charge is 2.30. The molecule has 0 bridgehead atoms. The van der Waals surface area contributed by atoms with Gasteiger partial charge in [-0.2, -0.15) is 13.2 Å². The van der Waals surface area contributed by atoms with E-state index in [1.165, 1.54) is 0 Å². The van der Waals surface area contributed by atoms with Crippen molar-refractivity contribution in [3.63, 3.8) is 0 Å². The molecule has 0 saturated heterocycles. The Bertz CT molecular complexity index is 311. The van der Waals surface area contributed by atoms with Crippen molar-refractivity contribution in [2.24, 2.45) is 0 Å². The second-order valence-electron chi connectivity index (χ2n) is 3.58. The molecule has 2 nitrogen and oxygen atoms in total. The Hall–Kier alpha value is -1.07. The van der Waals surface area contributed by atoms with Crippen LogP contribution < -0.4 is 0 Å². The molecule has 0 saturated carbocycles. The van der Waals surface area contributed by atoms with Crippen LogP contribution >= 0.6 is 0 Å². The third kappa shape index (κ3) is 4.20. The minimum Gasteiger partial charge on any atom is -0.390 e. The molecule has 2 N–H and O–H groups in total. The van der Waals surface area contributed by atoms with Crippen molar-refractivity contribution in [1.29, 1.82) is 0 Å². The van der Waals surface area contributed by atoms with Gasteiger partial charge < -0.3 is 10.2 Å². The fourth-order valence-electron chi connectivity index (χ4n) is 1.34. The first-order valence-electron chi connectivity index (χ1n) is 4.88. The van der Waals surface area contributed by atoms with E-state index in [0.717, 1.165) is 0 Å². The Morgan fingerprint density at radius 2 is 1.62 bits per heavy atom. The predicted molar refractivity (Wildman–Crippen MR) is 52.7 cm³/mol. The molecule has 2 atom stereocenters. The van der Waals surface area contributed by atoms with Gasteiger partial charge in [0.25, 0.3) is 0 Å². The van der Waals surface area contributed by atoms with Gasteiger partial charge in [-0.25, -0.2) is 0 Å². The predicted octanol–water partition coefficient (Wildman–Crippen LogP) is 2.42. The first-order chi connectivity index (χ1) is 7.40. The maximum Gasteiger partial charge on any atom is 0.389 e. The molecular weight excluding hydrogens is 221 g/mol. The molecule has 0 heterocycles. The lowest BCUT2D eigenvalue weighted by molar-refractivity contribution is -0.143. The topological polar surface area (TPSA) is 40.5 Å². The molecule has 90 valence electrons. The molecule has 0 radical (unpaired) electrons. The van der Waals surface area contributed by atoms with E-state index in [1.807, 2.05) is 0 Å². The molecule has 5 heteroatoms. The molecule has 0 aromatic heterocycles. The second-order valence-corrected chi connectivity index (χ2v) is 3.58. The zero-order valence-corrected chi connectivity index (χ0v) is 8.48. The van der Waals surface area contributed by atoms with Crippen molar-refractivity contribution in [2.45, 2.75) is 31.2 Å². The lowest BCUT2D eigenvalue weighted by atomic mass is 10.0. The Morgan fingerprint density at radius 3 is 2.12 bits per heavy atom. The maximum atomic E-state index is 11.9. The standard InChI is InChI=1S/C11H13F3O2/c12-11(13,14)7-6-9(15)10(16)8-4-2-1-3-5-8/h1-5,9-10,15-16H,6-7H2. The van der Waals surface area contributed by atoms with Crippen LogP contribution in [0.5, 0.6) is 0 Å². The zero-order chi connectivity index (χ0) is 12.2. The summed E-state index contributed by atoms with van der Waals surface area (Å²) in [5.74, 6) is 0. The first kappa shape index (κ1) is 13.0. The number of rotatable bonds is 4. The average molecular weight is 234 g/mol. The molecule has 0 aliphatic carbocycles. The van der Waals surface area contributed by atoms with E-state index in [0.29, 0.717) is 5.56 Å². The Balaban J connectivity index is 2.52. The minimum atomic E-state index is -4.31. The SMILES string of the molecule is OC(CCC(F)(F)F)C(O)c1ccccc1. The third-order valence-corrected chi connectivity index (χ3v) is 2.23. The summed E-state index contributed by atoms with van der Waals surface area (Å²) >= 11 is 0. The van der Waals surface area contributed by atoms with Gasteiger partial charge in [0.1, 0.15) is 6.10 Å². The number of halogens is 3. The van der Waals surface area contributed by atoms with E-state index in [9.17, 15) is 23.4 Å². The summed E-state index contributed by atoms with van der Waals surface area (Å²) in [7, 11) is 0. The Kier molecular flexibility index (Phi) is 4.32. The lowest BCUT2D eigenvalue weighted by Crippen LogP contribution is -2.21. The molecule has 0 amide bonds. The van der Waals surface area contributed by atoms with Crippen LogP contribution in [-0.4, -0.2) is 22.5 Å². The highest BCUT2D eigenvalue weighted by atomic mass is 19.4. The summed E-state index contributed by atoms with van der Waals surface area (Å²) in [6.07, 6.45) is -8.58. The summed E-state index contributed by atoms with van der Waals surface area (Å²) < 4.78 is 35.7. The van der Waals surface area contributed by atoms with Gasteiger partial charge in [0.05, 0.1) is 6.10 Å². The average Bonchev–Trinajstić information content (AvgIpc) is 2.25. The number of hydrogen-bond donors (Lipinski definition) is 2. The van der Waals surface area contributed by atoms with E-state index in [4.69, 9.17) is 0 Å². The number of aliphatic hydroxyl groups excluding tert-OH is 2. The van der Waals surface area contributed by atoms with Crippen molar-refractivity contribution in [3.8, 4) is 0 Å². The van der Waals surface area contributed by atoms with E-state index in [-0.39, 0.29) is 0 Å². The summed E-state index contributed by atoms with van der Waals surface area (Å²) in [5.41, 5.74) is 0.414. The van der Waals surface area contributed by atoms with Crippen LogP contribution in [0, 0.1) is 0 Å². The summed E-state index contributed by atoms with van der Waals surface area (Å²) in [5, 5.41) is 19.0. The van der Waals surface area contributed by atoms with Crippen LogP contribution in [0.4, 0.5) is 13.2 Å². The number of hydrogen-bond acceptors (Lipinski definition) is 2. The van der Waals surface area contributed by atoms with Crippen LogP contribution in [-0.2, 0) is 0 Å². The molecular formula is C11H13F3O2. The molecule has 1 aromatic carbocycles. The van der Waals surface area contributed by atoms with Crippen LogP contribution in [0.2, 0.25) is 0 Å². The number of alkyl halides is 3. The molecule has 0 spiro atoms. The Labute approximate surface area is 91.3 Å². The molecule has 1 aromatic rings.